The van der Waals surface area contributed by atoms with E-state index in [0.717, 1.165) is 11.8 Å². The fourth-order valence-corrected chi connectivity index (χ4v) is 2.75. The monoisotopic (exact) mass is 350 g/mol. The zero-order valence-electron chi connectivity index (χ0n) is 13.4. The number of hydrogen-bond acceptors (Lipinski definition) is 6. The van der Waals surface area contributed by atoms with Gasteiger partial charge in [0.1, 0.15) is 5.75 Å². The molecule has 0 spiro atoms. The number of carboxylic acid groups (broad SMARTS) is 1. The van der Waals surface area contributed by atoms with Crippen molar-refractivity contribution in [1.82, 2.24) is 20.1 Å². The van der Waals surface area contributed by atoms with E-state index in [2.05, 4.69) is 15.5 Å². The first-order valence-corrected chi connectivity index (χ1v) is 8.22. The van der Waals surface area contributed by atoms with Crippen molar-refractivity contribution in [2.45, 2.75) is 25.2 Å². The largest absolute Gasteiger partial charge is 0.497 e. The van der Waals surface area contributed by atoms with E-state index in [0.29, 0.717) is 28.8 Å². The number of benzene rings is 1. The van der Waals surface area contributed by atoms with Crippen LogP contribution in [0.3, 0.4) is 0 Å². The molecule has 0 radical (unpaired) electrons. The highest BCUT2D eigenvalue weighted by Crippen LogP contribution is 2.17. The summed E-state index contributed by atoms with van der Waals surface area (Å²) in [6, 6.07) is 6.77. The van der Waals surface area contributed by atoms with Crippen molar-refractivity contribution in [1.29, 1.82) is 0 Å². The summed E-state index contributed by atoms with van der Waals surface area (Å²) in [5.41, 5.74) is 0.513. The maximum atomic E-state index is 12.1. The van der Waals surface area contributed by atoms with Crippen LogP contribution in [0.5, 0.6) is 5.75 Å². The second-order valence-electron chi connectivity index (χ2n) is 4.74. The summed E-state index contributed by atoms with van der Waals surface area (Å²) in [6.45, 7) is 2.70. The third-order valence-corrected chi connectivity index (χ3v) is 4.15. The van der Waals surface area contributed by atoms with Gasteiger partial charge in [-0.05, 0) is 31.2 Å². The first-order chi connectivity index (χ1) is 11.5. The molecule has 2 N–H and O–H groups in total. The topological polar surface area (TPSA) is 106 Å². The van der Waals surface area contributed by atoms with Crippen LogP contribution in [0, 0.1) is 0 Å². The maximum Gasteiger partial charge on any atom is 0.313 e. The van der Waals surface area contributed by atoms with Gasteiger partial charge in [-0.15, -0.1) is 10.2 Å². The highest BCUT2D eigenvalue weighted by atomic mass is 32.2. The zero-order valence-corrected chi connectivity index (χ0v) is 14.2. The highest BCUT2D eigenvalue weighted by Gasteiger charge is 2.14. The molecule has 2 rings (SSSR count). The Bertz CT molecular complexity index is 715. The van der Waals surface area contributed by atoms with Crippen molar-refractivity contribution < 1.29 is 19.4 Å². The minimum atomic E-state index is -0.917. The molecule has 0 atom stereocenters. The number of methoxy groups -OCH3 is 1. The quantitative estimate of drug-likeness (QED) is 0.693. The number of aliphatic carboxylic acids is 1. The number of hydrogen-bond donors (Lipinski definition) is 2. The molecule has 0 saturated carbocycles. The number of carbonyl (C=O) groups excluding carboxylic acids is 1. The van der Waals surface area contributed by atoms with Crippen LogP contribution in [0.15, 0.2) is 29.4 Å². The van der Waals surface area contributed by atoms with Gasteiger partial charge in [0.2, 0.25) is 0 Å². The summed E-state index contributed by atoms with van der Waals surface area (Å²) >= 11 is 1.10. The Kier molecular flexibility index (Phi) is 6.19. The Hall–Kier alpha value is -2.55. The lowest BCUT2D eigenvalue weighted by atomic mass is 10.2. The highest BCUT2D eigenvalue weighted by molar-refractivity contribution is 7.99. The maximum absolute atomic E-state index is 12.1. The van der Waals surface area contributed by atoms with Crippen LogP contribution in [0.25, 0.3) is 0 Å². The minimum absolute atomic E-state index is 0.0870. The van der Waals surface area contributed by atoms with Gasteiger partial charge in [0, 0.05) is 12.1 Å². The summed E-state index contributed by atoms with van der Waals surface area (Å²) in [4.78, 5) is 22.8. The van der Waals surface area contributed by atoms with Crippen LogP contribution < -0.4 is 10.1 Å². The summed E-state index contributed by atoms with van der Waals surface area (Å²) in [7, 11) is 1.56. The molecule has 1 heterocycles. The molecule has 0 unspecified atom stereocenters. The molecule has 24 heavy (non-hydrogen) atoms. The van der Waals surface area contributed by atoms with E-state index in [4.69, 9.17) is 9.84 Å². The lowest BCUT2D eigenvalue weighted by Gasteiger charge is -2.08. The van der Waals surface area contributed by atoms with Crippen LogP contribution in [0.1, 0.15) is 23.1 Å². The molecule has 0 saturated heterocycles. The Balaban J connectivity index is 2.00. The molecule has 1 aromatic carbocycles. The van der Waals surface area contributed by atoms with Gasteiger partial charge in [-0.2, -0.15) is 0 Å². The van der Waals surface area contributed by atoms with Gasteiger partial charge in [-0.25, -0.2) is 0 Å². The molecule has 0 bridgehead atoms. The number of ether oxygens (including phenoxy) is 1. The Morgan fingerprint density at radius 2 is 2.00 bits per heavy atom. The lowest BCUT2D eigenvalue weighted by Crippen LogP contribution is -2.24. The average Bonchev–Trinajstić information content (AvgIpc) is 2.99. The second kappa shape index (κ2) is 8.34. The molecule has 8 nitrogen and oxygen atoms in total. The van der Waals surface area contributed by atoms with Crippen molar-refractivity contribution in [3.63, 3.8) is 0 Å². The zero-order chi connectivity index (χ0) is 17.5. The molecule has 2 aromatic rings. The molecule has 1 aromatic heterocycles. The fraction of sp³-hybridized carbons (Fsp3) is 0.333. The number of aromatic nitrogens is 3. The minimum Gasteiger partial charge on any atom is -0.497 e. The van der Waals surface area contributed by atoms with Crippen LogP contribution in [0.2, 0.25) is 0 Å². The predicted molar refractivity (Wildman–Crippen MR) is 88.2 cm³/mol. The molecular weight excluding hydrogens is 332 g/mol. The van der Waals surface area contributed by atoms with E-state index in [1.807, 2.05) is 6.92 Å². The Labute approximate surface area is 143 Å². The van der Waals surface area contributed by atoms with E-state index in [1.54, 1.807) is 35.9 Å². The van der Waals surface area contributed by atoms with Crippen LogP contribution in [-0.4, -0.2) is 44.6 Å². The Morgan fingerprint density at radius 1 is 1.29 bits per heavy atom. The van der Waals surface area contributed by atoms with Gasteiger partial charge in [-0.3, -0.25) is 9.59 Å². The van der Waals surface area contributed by atoms with E-state index in [-0.39, 0.29) is 18.2 Å². The SMILES string of the molecule is CCn1c(CNC(=O)c2ccc(OC)cc2)nnc1SCC(=O)O. The van der Waals surface area contributed by atoms with Crippen molar-refractivity contribution in [2.24, 2.45) is 0 Å². The van der Waals surface area contributed by atoms with Crippen LogP contribution in [-0.2, 0) is 17.9 Å². The summed E-state index contributed by atoms with van der Waals surface area (Å²) in [5.74, 6) is 0.0174. The van der Waals surface area contributed by atoms with Gasteiger partial charge < -0.3 is 19.7 Å². The third kappa shape index (κ3) is 4.48. The number of carbonyl (C=O) groups is 2. The first kappa shape index (κ1) is 17.8. The average molecular weight is 350 g/mol. The molecular formula is C15H18N4O4S. The van der Waals surface area contributed by atoms with E-state index in [9.17, 15) is 9.59 Å². The van der Waals surface area contributed by atoms with Gasteiger partial charge >= 0.3 is 5.97 Å². The number of carboxylic acids is 1. The van der Waals surface area contributed by atoms with Crippen molar-refractivity contribution >= 4 is 23.6 Å². The predicted octanol–water partition coefficient (Wildman–Crippen LogP) is 1.41. The van der Waals surface area contributed by atoms with Gasteiger partial charge in [-0.1, -0.05) is 11.8 Å². The van der Waals surface area contributed by atoms with Crippen LogP contribution >= 0.6 is 11.8 Å². The van der Waals surface area contributed by atoms with Gasteiger partial charge in [0.15, 0.2) is 11.0 Å². The summed E-state index contributed by atoms with van der Waals surface area (Å²) < 4.78 is 6.83. The van der Waals surface area contributed by atoms with E-state index >= 15 is 0 Å². The number of thioether (sulfide) groups is 1. The summed E-state index contributed by atoms with van der Waals surface area (Å²) in [6.07, 6.45) is 0. The van der Waals surface area contributed by atoms with Crippen molar-refractivity contribution in [3.8, 4) is 5.75 Å². The van der Waals surface area contributed by atoms with Crippen molar-refractivity contribution in [3.05, 3.63) is 35.7 Å². The van der Waals surface area contributed by atoms with E-state index < -0.39 is 5.97 Å². The second-order valence-corrected chi connectivity index (χ2v) is 5.68. The normalized spacial score (nSPS) is 10.4. The molecule has 0 aliphatic carbocycles. The molecule has 0 fully saturated rings. The standard InChI is InChI=1S/C15H18N4O4S/c1-3-19-12(17-18-15(19)24-9-13(20)21)8-16-14(22)10-4-6-11(23-2)7-5-10/h4-7H,3,8-9H2,1-2H3,(H,16,22)(H,20,21). The van der Waals surface area contributed by atoms with Gasteiger partial charge in [0.25, 0.3) is 5.91 Å². The molecule has 0 aliphatic heterocycles. The van der Waals surface area contributed by atoms with Gasteiger partial charge in [0.05, 0.1) is 19.4 Å². The van der Waals surface area contributed by atoms with E-state index in [1.165, 1.54) is 0 Å². The summed E-state index contributed by atoms with van der Waals surface area (Å²) in [5, 5.41) is 20.0. The van der Waals surface area contributed by atoms with Crippen LogP contribution in [0.4, 0.5) is 0 Å². The first-order valence-electron chi connectivity index (χ1n) is 7.24. The third-order valence-electron chi connectivity index (χ3n) is 3.19. The number of rotatable bonds is 8. The Morgan fingerprint density at radius 3 is 2.58 bits per heavy atom. The molecule has 1 amide bonds. The number of nitrogens with one attached hydrogen (secondary N) is 1. The number of nitrogens with zero attached hydrogens (tertiary/aromatic N) is 3. The lowest BCUT2D eigenvalue weighted by molar-refractivity contribution is -0.133. The van der Waals surface area contributed by atoms with Crippen molar-refractivity contribution in [2.75, 3.05) is 12.9 Å². The fourth-order valence-electron chi connectivity index (χ4n) is 2.00. The smallest absolute Gasteiger partial charge is 0.313 e. The molecule has 0 aliphatic rings. The molecule has 9 heteroatoms. The molecule has 128 valence electrons. The number of amides is 1.